The number of halogens is 2. The molecule has 174 valence electrons. The second-order valence-corrected chi connectivity index (χ2v) is 9.64. The number of hydrogen-bond acceptors (Lipinski definition) is 4. The number of benzene rings is 2. The zero-order chi connectivity index (χ0) is 23.6. The normalized spacial score (nSPS) is 17.1. The minimum absolute atomic E-state index is 0.0298. The van der Waals surface area contributed by atoms with Gasteiger partial charge in [-0.05, 0) is 53.6 Å². The van der Waals surface area contributed by atoms with Crippen LogP contribution in [-0.4, -0.2) is 40.7 Å². The van der Waals surface area contributed by atoms with E-state index < -0.39 is 11.7 Å². The molecule has 2 aromatic carbocycles. The number of amides is 1. The van der Waals surface area contributed by atoms with Gasteiger partial charge in [-0.3, -0.25) is 9.69 Å². The number of alkyl halides is 2. The Morgan fingerprint density at radius 1 is 1.03 bits per heavy atom. The van der Waals surface area contributed by atoms with E-state index in [1.165, 1.54) is 17.7 Å². The van der Waals surface area contributed by atoms with Crippen molar-refractivity contribution in [3.63, 3.8) is 0 Å². The first-order valence-corrected chi connectivity index (χ1v) is 10.9. The number of nitrogens with one attached hydrogen (secondary N) is 1. The summed E-state index contributed by atoms with van der Waals surface area (Å²) in [5.41, 5.74) is 1.40. The summed E-state index contributed by atoms with van der Waals surface area (Å²) < 4.78 is 30.4. The van der Waals surface area contributed by atoms with Gasteiger partial charge < -0.3 is 15.2 Å². The van der Waals surface area contributed by atoms with Gasteiger partial charge in [-0.25, -0.2) is 0 Å². The second kappa shape index (κ2) is 9.16. The topological polar surface area (TPSA) is 61.8 Å². The summed E-state index contributed by atoms with van der Waals surface area (Å²) in [5.74, 6) is -0.274. The maximum Gasteiger partial charge on any atom is 0.394 e. The van der Waals surface area contributed by atoms with Crippen LogP contribution in [0.15, 0.2) is 48.5 Å². The van der Waals surface area contributed by atoms with E-state index in [9.17, 15) is 18.7 Å². The third kappa shape index (κ3) is 6.50. The van der Waals surface area contributed by atoms with Gasteiger partial charge in [0, 0.05) is 32.2 Å². The molecule has 1 fully saturated rings. The largest absolute Gasteiger partial charge is 0.433 e. The van der Waals surface area contributed by atoms with Gasteiger partial charge >= 0.3 is 6.11 Å². The van der Waals surface area contributed by atoms with E-state index in [0.717, 1.165) is 5.56 Å². The molecular formula is C25H32F2N2O3. The van der Waals surface area contributed by atoms with Crippen molar-refractivity contribution >= 4 is 11.6 Å². The van der Waals surface area contributed by atoms with Crippen LogP contribution in [0, 0.1) is 0 Å². The van der Waals surface area contributed by atoms with Crippen LogP contribution >= 0.6 is 0 Å². The molecule has 0 aromatic heterocycles. The van der Waals surface area contributed by atoms with E-state index in [2.05, 4.69) is 35.7 Å². The molecule has 0 unspecified atom stereocenters. The number of piperidine rings is 1. The number of anilines is 1. The average molecular weight is 447 g/mol. The van der Waals surface area contributed by atoms with Crippen molar-refractivity contribution < 1.29 is 23.4 Å². The maximum absolute atomic E-state index is 12.9. The van der Waals surface area contributed by atoms with Crippen LogP contribution in [0.25, 0.3) is 0 Å². The fraction of sp³-hybridized carbons (Fsp3) is 0.480. The van der Waals surface area contributed by atoms with Crippen LogP contribution in [-0.2, 0) is 16.8 Å². The lowest BCUT2D eigenvalue weighted by molar-refractivity contribution is -0.159. The third-order valence-corrected chi connectivity index (χ3v) is 5.74. The highest BCUT2D eigenvalue weighted by atomic mass is 19.3. The highest BCUT2D eigenvalue weighted by Crippen LogP contribution is 2.28. The molecule has 1 saturated heterocycles. The molecule has 0 spiro atoms. The Kier molecular flexibility index (Phi) is 6.91. The smallest absolute Gasteiger partial charge is 0.394 e. The second-order valence-electron chi connectivity index (χ2n) is 9.64. The molecule has 7 heteroatoms. The molecule has 2 N–H and O–H groups in total. The summed E-state index contributed by atoms with van der Waals surface area (Å²) in [6, 6.07) is 14.2. The zero-order valence-electron chi connectivity index (χ0n) is 19.1. The maximum atomic E-state index is 12.9. The summed E-state index contributed by atoms with van der Waals surface area (Å²) in [5, 5.41) is 13.7. The molecule has 1 amide bonds. The Morgan fingerprint density at radius 3 is 2.09 bits per heavy atom. The lowest BCUT2D eigenvalue weighted by atomic mass is 9.87. The van der Waals surface area contributed by atoms with Crippen LogP contribution in [0.1, 0.15) is 51.7 Å². The van der Waals surface area contributed by atoms with E-state index in [1.807, 2.05) is 24.3 Å². The van der Waals surface area contributed by atoms with Crippen LogP contribution in [0.3, 0.4) is 0 Å². The molecule has 0 radical (unpaired) electrons. The number of carbonyl (C=O) groups is 1. The first-order valence-electron chi connectivity index (χ1n) is 10.9. The van der Waals surface area contributed by atoms with Crippen molar-refractivity contribution in [3.8, 4) is 5.75 Å². The van der Waals surface area contributed by atoms with E-state index >= 15 is 0 Å². The molecule has 5 nitrogen and oxygen atoms in total. The Balaban J connectivity index is 1.52. The summed E-state index contributed by atoms with van der Waals surface area (Å²) in [6.07, 6.45) is -2.57. The molecule has 1 aliphatic rings. The predicted molar refractivity (Wildman–Crippen MR) is 121 cm³/mol. The number of aliphatic hydroxyl groups is 1. The summed E-state index contributed by atoms with van der Waals surface area (Å²) in [4.78, 5) is 14.9. The number of ether oxygens (including phenoxy) is 1. The van der Waals surface area contributed by atoms with Crippen LogP contribution in [0.5, 0.6) is 5.75 Å². The molecule has 0 aliphatic carbocycles. The Hall–Kier alpha value is -2.51. The third-order valence-electron chi connectivity index (χ3n) is 5.74. The molecule has 2 aromatic rings. The highest BCUT2D eigenvalue weighted by molar-refractivity contribution is 5.97. The fourth-order valence-electron chi connectivity index (χ4n) is 3.74. The van der Waals surface area contributed by atoms with Crippen molar-refractivity contribution in [1.29, 1.82) is 0 Å². The summed E-state index contributed by atoms with van der Waals surface area (Å²) >= 11 is 0. The first-order chi connectivity index (χ1) is 14.8. The van der Waals surface area contributed by atoms with E-state index in [0.29, 0.717) is 45.1 Å². The lowest BCUT2D eigenvalue weighted by Gasteiger charge is -2.37. The van der Waals surface area contributed by atoms with Crippen molar-refractivity contribution in [2.24, 2.45) is 0 Å². The molecule has 0 atom stereocenters. The van der Waals surface area contributed by atoms with Gasteiger partial charge in [0.05, 0.1) is 0 Å². The number of hydrogen-bond donors (Lipinski definition) is 2. The summed E-state index contributed by atoms with van der Waals surface area (Å²) in [6.45, 7) is 8.80. The van der Waals surface area contributed by atoms with E-state index in [-0.39, 0.29) is 17.1 Å². The van der Waals surface area contributed by atoms with Gasteiger partial charge in [0.25, 0.3) is 5.91 Å². The number of likely N-dealkylation sites (tertiary alicyclic amines) is 1. The fourth-order valence-corrected chi connectivity index (χ4v) is 3.74. The van der Waals surface area contributed by atoms with Crippen LogP contribution in [0.4, 0.5) is 14.5 Å². The molecule has 3 rings (SSSR count). The average Bonchev–Trinajstić information content (AvgIpc) is 2.70. The minimum Gasteiger partial charge on any atom is -0.433 e. The van der Waals surface area contributed by atoms with E-state index in [4.69, 9.17) is 0 Å². The molecule has 32 heavy (non-hydrogen) atoms. The first kappa shape index (κ1) is 24.1. The van der Waals surface area contributed by atoms with Crippen molar-refractivity contribution in [3.05, 3.63) is 59.7 Å². The minimum atomic E-state index is -3.21. The highest BCUT2D eigenvalue weighted by Gasteiger charge is 2.39. The summed E-state index contributed by atoms with van der Waals surface area (Å²) in [7, 11) is 0. The Bertz CT molecular complexity index is 908. The monoisotopic (exact) mass is 446 g/mol. The van der Waals surface area contributed by atoms with Crippen molar-refractivity contribution in [1.82, 2.24) is 4.90 Å². The number of carbonyl (C=O) groups excluding carboxylic acids is 1. The van der Waals surface area contributed by atoms with Crippen molar-refractivity contribution in [2.45, 2.75) is 64.2 Å². The van der Waals surface area contributed by atoms with Gasteiger partial charge in [0.2, 0.25) is 0 Å². The van der Waals surface area contributed by atoms with Crippen LogP contribution in [0.2, 0.25) is 0 Å². The van der Waals surface area contributed by atoms with E-state index in [1.54, 1.807) is 12.1 Å². The Labute approximate surface area is 188 Å². The molecular weight excluding hydrogens is 414 g/mol. The molecule has 0 saturated carbocycles. The van der Waals surface area contributed by atoms with Gasteiger partial charge in [0.1, 0.15) is 11.4 Å². The van der Waals surface area contributed by atoms with Crippen LogP contribution < -0.4 is 10.1 Å². The van der Waals surface area contributed by atoms with Gasteiger partial charge in [0.15, 0.2) is 0 Å². The number of rotatable bonds is 6. The molecule has 1 heterocycles. The van der Waals surface area contributed by atoms with Gasteiger partial charge in [-0.1, -0.05) is 45.0 Å². The predicted octanol–water partition coefficient (Wildman–Crippen LogP) is 4.94. The van der Waals surface area contributed by atoms with Gasteiger partial charge in [-0.15, -0.1) is 0 Å². The zero-order valence-corrected chi connectivity index (χ0v) is 19.1. The Morgan fingerprint density at radius 2 is 1.59 bits per heavy atom. The van der Waals surface area contributed by atoms with Crippen molar-refractivity contribution in [2.75, 3.05) is 18.4 Å². The lowest BCUT2D eigenvalue weighted by Crippen LogP contribution is -2.51. The standard InChI is InChI=1S/C25H32F2N2O3/c1-23(2,3)19-7-9-20(10-8-19)28-22(30)25(31)13-15-29(16-14-25)17-18-5-11-21(12-6-18)32-24(4,26)27/h5-12,31H,13-17H2,1-4H3,(H,28,30). The SMILES string of the molecule is CC(F)(F)Oc1ccc(CN2CCC(O)(C(=O)Nc3ccc(C(C)(C)C)cc3)CC2)cc1. The molecule has 1 aliphatic heterocycles. The number of nitrogens with zero attached hydrogens (tertiary/aromatic N) is 1. The quantitative estimate of drug-likeness (QED) is 0.660. The molecule has 0 bridgehead atoms. The van der Waals surface area contributed by atoms with Gasteiger partial charge in [-0.2, -0.15) is 8.78 Å².